The van der Waals surface area contributed by atoms with Gasteiger partial charge in [-0.2, -0.15) is 0 Å². The first-order chi connectivity index (χ1) is 9.76. The highest BCUT2D eigenvalue weighted by molar-refractivity contribution is 5.94. The summed E-state index contributed by atoms with van der Waals surface area (Å²) < 4.78 is 5.11. The molecule has 1 fully saturated rings. The first-order valence-electron chi connectivity index (χ1n) is 7.26. The lowest BCUT2D eigenvalue weighted by atomic mass is 10.1. The molecular formula is C16H23NO3. The lowest BCUT2D eigenvalue weighted by Crippen LogP contribution is -2.35. The standard InChI is InChI=1S/C16H23NO3/c1-20-12-13-5-2-6-14(11-13)16(19)17-9-3-7-15(17)8-4-10-18/h2,5-6,11,15,18H,3-4,7-10,12H2,1H3. The van der Waals surface area contributed by atoms with E-state index in [9.17, 15) is 4.79 Å². The fraction of sp³-hybridized carbons (Fsp3) is 0.562. The Balaban J connectivity index is 2.07. The molecule has 20 heavy (non-hydrogen) atoms. The van der Waals surface area contributed by atoms with Crippen molar-refractivity contribution in [2.75, 3.05) is 20.3 Å². The maximum Gasteiger partial charge on any atom is 0.254 e. The van der Waals surface area contributed by atoms with Crippen LogP contribution in [0.4, 0.5) is 0 Å². The molecule has 0 radical (unpaired) electrons. The number of rotatable bonds is 6. The van der Waals surface area contributed by atoms with Crippen LogP contribution in [0, 0.1) is 0 Å². The van der Waals surface area contributed by atoms with Crippen molar-refractivity contribution >= 4 is 5.91 Å². The first-order valence-corrected chi connectivity index (χ1v) is 7.26. The summed E-state index contributed by atoms with van der Waals surface area (Å²) in [5.74, 6) is 0.100. The molecule has 0 bridgehead atoms. The van der Waals surface area contributed by atoms with Gasteiger partial charge in [0.15, 0.2) is 0 Å². The first kappa shape index (κ1) is 15.0. The molecule has 1 aliphatic heterocycles. The number of aliphatic hydroxyl groups excluding tert-OH is 1. The zero-order chi connectivity index (χ0) is 14.4. The second-order valence-electron chi connectivity index (χ2n) is 5.29. The van der Waals surface area contributed by atoms with Gasteiger partial charge in [-0.25, -0.2) is 0 Å². The van der Waals surface area contributed by atoms with Crippen LogP contribution in [-0.4, -0.2) is 42.2 Å². The van der Waals surface area contributed by atoms with Crippen LogP contribution < -0.4 is 0 Å². The minimum atomic E-state index is 0.100. The third-order valence-electron chi connectivity index (χ3n) is 3.82. The van der Waals surface area contributed by atoms with Crippen molar-refractivity contribution < 1.29 is 14.6 Å². The molecule has 4 heteroatoms. The topological polar surface area (TPSA) is 49.8 Å². The lowest BCUT2D eigenvalue weighted by Gasteiger charge is -2.24. The quantitative estimate of drug-likeness (QED) is 0.867. The molecule has 1 aromatic rings. The summed E-state index contributed by atoms with van der Waals surface area (Å²) >= 11 is 0. The second kappa shape index (κ2) is 7.41. The molecule has 1 N–H and O–H groups in total. The summed E-state index contributed by atoms with van der Waals surface area (Å²) in [4.78, 5) is 14.6. The Kier molecular flexibility index (Phi) is 5.56. The van der Waals surface area contributed by atoms with Gasteiger partial charge in [0.1, 0.15) is 0 Å². The summed E-state index contributed by atoms with van der Waals surface area (Å²) in [6.07, 6.45) is 3.75. The number of benzene rings is 1. The SMILES string of the molecule is COCc1cccc(C(=O)N2CCCC2CCCO)c1. The normalized spacial score (nSPS) is 18.5. The number of ether oxygens (including phenoxy) is 1. The predicted molar refractivity (Wildman–Crippen MR) is 77.5 cm³/mol. The molecule has 1 unspecified atom stereocenters. The minimum Gasteiger partial charge on any atom is -0.396 e. The van der Waals surface area contributed by atoms with Gasteiger partial charge in [-0.3, -0.25) is 4.79 Å². The van der Waals surface area contributed by atoms with Crippen LogP contribution >= 0.6 is 0 Å². The Morgan fingerprint density at radius 2 is 2.35 bits per heavy atom. The van der Waals surface area contributed by atoms with E-state index in [2.05, 4.69) is 0 Å². The van der Waals surface area contributed by atoms with Crippen molar-refractivity contribution in [3.8, 4) is 0 Å². The van der Waals surface area contributed by atoms with Crippen molar-refractivity contribution in [2.45, 2.75) is 38.3 Å². The number of carbonyl (C=O) groups excluding carboxylic acids is 1. The lowest BCUT2D eigenvalue weighted by molar-refractivity contribution is 0.0724. The molecule has 1 saturated heterocycles. The summed E-state index contributed by atoms with van der Waals surface area (Å²) in [6.45, 7) is 1.54. The average molecular weight is 277 g/mol. The molecular weight excluding hydrogens is 254 g/mol. The smallest absolute Gasteiger partial charge is 0.254 e. The van der Waals surface area contributed by atoms with Crippen LogP contribution in [0.1, 0.15) is 41.6 Å². The summed E-state index contributed by atoms with van der Waals surface area (Å²) in [7, 11) is 1.65. The summed E-state index contributed by atoms with van der Waals surface area (Å²) in [5, 5.41) is 8.95. The molecule has 1 aromatic carbocycles. The van der Waals surface area contributed by atoms with Crippen molar-refractivity contribution in [3.05, 3.63) is 35.4 Å². The van der Waals surface area contributed by atoms with E-state index < -0.39 is 0 Å². The number of hydrogen-bond acceptors (Lipinski definition) is 3. The van der Waals surface area contributed by atoms with E-state index in [0.29, 0.717) is 6.61 Å². The molecule has 1 atom stereocenters. The van der Waals surface area contributed by atoms with E-state index in [1.807, 2.05) is 29.2 Å². The summed E-state index contributed by atoms with van der Waals surface area (Å²) in [5.41, 5.74) is 1.75. The Hall–Kier alpha value is -1.39. The Morgan fingerprint density at radius 1 is 1.50 bits per heavy atom. The van der Waals surface area contributed by atoms with E-state index in [0.717, 1.165) is 43.4 Å². The maximum atomic E-state index is 12.6. The van der Waals surface area contributed by atoms with Gasteiger partial charge < -0.3 is 14.7 Å². The molecule has 1 heterocycles. The highest BCUT2D eigenvalue weighted by Crippen LogP contribution is 2.23. The third kappa shape index (κ3) is 3.58. The van der Waals surface area contributed by atoms with Crippen molar-refractivity contribution in [1.29, 1.82) is 0 Å². The van der Waals surface area contributed by atoms with Crippen LogP contribution in [0.2, 0.25) is 0 Å². The number of amides is 1. The molecule has 2 rings (SSSR count). The second-order valence-corrected chi connectivity index (χ2v) is 5.29. The highest BCUT2D eigenvalue weighted by Gasteiger charge is 2.28. The van der Waals surface area contributed by atoms with Crippen LogP contribution in [0.15, 0.2) is 24.3 Å². The molecule has 110 valence electrons. The summed E-state index contributed by atoms with van der Waals surface area (Å²) in [6, 6.07) is 7.92. The van der Waals surface area contributed by atoms with Gasteiger partial charge in [0.2, 0.25) is 0 Å². The Bertz CT molecular complexity index is 447. The van der Waals surface area contributed by atoms with E-state index in [1.165, 1.54) is 0 Å². The van der Waals surface area contributed by atoms with Gasteiger partial charge in [-0.15, -0.1) is 0 Å². The molecule has 0 aromatic heterocycles. The minimum absolute atomic E-state index is 0.100. The largest absolute Gasteiger partial charge is 0.396 e. The number of hydrogen-bond donors (Lipinski definition) is 1. The zero-order valence-corrected chi connectivity index (χ0v) is 12.0. The van der Waals surface area contributed by atoms with Crippen molar-refractivity contribution in [1.82, 2.24) is 4.90 Å². The van der Waals surface area contributed by atoms with Gasteiger partial charge in [-0.05, 0) is 43.4 Å². The van der Waals surface area contributed by atoms with Crippen molar-refractivity contribution in [3.63, 3.8) is 0 Å². The predicted octanol–water partition coefficient (Wildman–Crippen LogP) is 2.21. The monoisotopic (exact) mass is 277 g/mol. The van der Waals surface area contributed by atoms with Crippen LogP contribution in [0.3, 0.4) is 0 Å². The number of methoxy groups -OCH3 is 1. The molecule has 1 aliphatic rings. The number of nitrogens with zero attached hydrogens (tertiary/aromatic N) is 1. The van der Waals surface area contributed by atoms with E-state index in [4.69, 9.17) is 9.84 Å². The van der Waals surface area contributed by atoms with Crippen LogP contribution in [0.25, 0.3) is 0 Å². The Labute approximate surface area is 120 Å². The number of carbonyl (C=O) groups is 1. The zero-order valence-electron chi connectivity index (χ0n) is 12.0. The van der Waals surface area contributed by atoms with Gasteiger partial charge in [0.05, 0.1) is 6.61 Å². The van der Waals surface area contributed by atoms with Gasteiger partial charge in [0, 0.05) is 31.9 Å². The van der Waals surface area contributed by atoms with E-state index in [1.54, 1.807) is 7.11 Å². The molecule has 1 amide bonds. The maximum absolute atomic E-state index is 12.6. The van der Waals surface area contributed by atoms with Crippen LogP contribution in [-0.2, 0) is 11.3 Å². The fourth-order valence-electron chi connectivity index (χ4n) is 2.86. The number of likely N-dealkylation sites (tertiary alicyclic amines) is 1. The third-order valence-corrected chi connectivity index (χ3v) is 3.82. The van der Waals surface area contributed by atoms with Gasteiger partial charge >= 0.3 is 0 Å². The van der Waals surface area contributed by atoms with E-state index >= 15 is 0 Å². The average Bonchev–Trinajstić information content (AvgIpc) is 2.93. The molecule has 0 aliphatic carbocycles. The fourth-order valence-corrected chi connectivity index (χ4v) is 2.86. The van der Waals surface area contributed by atoms with Gasteiger partial charge in [-0.1, -0.05) is 12.1 Å². The Morgan fingerprint density at radius 3 is 3.10 bits per heavy atom. The molecule has 0 spiro atoms. The van der Waals surface area contributed by atoms with E-state index in [-0.39, 0.29) is 18.6 Å². The van der Waals surface area contributed by atoms with Gasteiger partial charge in [0.25, 0.3) is 5.91 Å². The van der Waals surface area contributed by atoms with Crippen molar-refractivity contribution in [2.24, 2.45) is 0 Å². The molecule has 4 nitrogen and oxygen atoms in total. The molecule has 0 saturated carbocycles. The number of aliphatic hydroxyl groups is 1. The highest BCUT2D eigenvalue weighted by atomic mass is 16.5. The van der Waals surface area contributed by atoms with Crippen LogP contribution in [0.5, 0.6) is 0 Å².